The molecule has 144 valence electrons. The summed E-state index contributed by atoms with van der Waals surface area (Å²) in [7, 11) is 2.01. The third kappa shape index (κ3) is 5.29. The van der Waals surface area contributed by atoms with E-state index < -0.39 is 5.60 Å². The SMILES string of the molecule is Cc1cccc(C)c1C(=O)N1CCN(C)C(CNC(=O)CC(C)(C)O)C1. The maximum atomic E-state index is 13.0. The number of aliphatic hydroxyl groups is 1. The Labute approximate surface area is 156 Å². The van der Waals surface area contributed by atoms with Gasteiger partial charge >= 0.3 is 0 Å². The molecule has 1 aromatic carbocycles. The van der Waals surface area contributed by atoms with Gasteiger partial charge in [0, 0.05) is 37.8 Å². The Balaban J connectivity index is 2.01. The number of likely N-dealkylation sites (N-methyl/N-ethyl adjacent to an activating group) is 1. The van der Waals surface area contributed by atoms with Gasteiger partial charge in [0.15, 0.2) is 0 Å². The molecule has 1 aliphatic rings. The van der Waals surface area contributed by atoms with Crippen molar-refractivity contribution < 1.29 is 14.7 Å². The second-order valence-corrected chi connectivity index (χ2v) is 7.95. The first-order valence-electron chi connectivity index (χ1n) is 9.13. The van der Waals surface area contributed by atoms with Gasteiger partial charge in [0.2, 0.25) is 5.91 Å². The number of benzene rings is 1. The molecule has 1 saturated heterocycles. The third-order valence-electron chi connectivity index (χ3n) is 4.89. The van der Waals surface area contributed by atoms with Crippen LogP contribution in [0.2, 0.25) is 0 Å². The Kier molecular flexibility index (Phi) is 6.42. The molecule has 2 rings (SSSR count). The first kappa shape index (κ1) is 20.4. The van der Waals surface area contributed by atoms with E-state index in [1.54, 1.807) is 13.8 Å². The van der Waals surface area contributed by atoms with E-state index in [0.29, 0.717) is 19.6 Å². The highest BCUT2D eigenvalue weighted by Crippen LogP contribution is 2.18. The molecule has 1 atom stereocenters. The highest BCUT2D eigenvalue weighted by molar-refractivity contribution is 5.97. The summed E-state index contributed by atoms with van der Waals surface area (Å²) in [5.74, 6) is -0.120. The molecule has 2 amide bonds. The monoisotopic (exact) mass is 361 g/mol. The minimum Gasteiger partial charge on any atom is -0.390 e. The number of nitrogens with zero attached hydrogens (tertiary/aromatic N) is 2. The van der Waals surface area contributed by atoms with Gasteiger partial charge in [-0.3, -0.25) is 14.5 Å². The molecule has 0 saturated carbocycles. The van der Waals surface area contributed by atoms with Gasteiger partial charge in [0.25, 0.3) is 5.91 Å². The van der Waals surface area contributed by atoms with Gasteiger partial charge in [-0.1, -0.05) is 18.2 Å². The summed E-state index contributed by atoms with van der Waals surface area (Å²) < 4.78 is 0. The lowest BCUT2D eigenvalue weighted by atomic mass is 10.0. The van der Waals surface area contributed by atoms with Crippen LogP contribution < -0.4 is 5.32 Å². The molecule has 0 bridgehead atoms. The summed E-state index contributed by atoms with van der Waals surface area (Å²) in [6.07, 6.45) is 0.0640. The number of amides is 2. The van der Waals surface area contributed by atoms with E-state index in [2.05, 4.69) is 10.2 Å². The normalized spacial score (nSPS) is 18.7. The summed E-state index contributed by atoms with van der Waals surface area (Å²) in [6, 6.07) is 5.95. The molecule has 1 heterocycles. The second kappa shape index (κ2) is 8.18. The van der Waals surface area contributed by atoms with Crippen LogP contribution in [-0.4, -0.2) is 71.6 Å². The number of nitrogens with one attached hydrogen (secondary N) is 1. The van der Waals surface area contributed by atoms with Crippen molar-refractivity contribution in [3.8, 4) is 0 Å². The van der Waals surface area contributed by atoms with E-state index in [1.165, 1.54) is 0 Å². The van der Waals surface area contributed by atoms with E-state index >= 15 is 0 Å². The molecule has 2 N–H and O–H groups in total. The fourth-order valence-electron chi connectivity index (χ4n) is 3.35. The van der Waals surface area contributed by atoms with Crippen molar-refractivity contribution >= 4 is 11.8 Å². The maximum absolute atomic E-state index is 13.0. The molecular formula is C20H31N3O3. The Hall–Kier alpha value is -1.92. The van der Waals surface area contributed by atoms with Gasteiger partial charge in [0.05, 0.1) is 12.0 Å². The van der Waals surface area contributed by atoms with Gasteiger partial charge in [0.1, 0.15) is 0 Å². The predicted molar refractivity (Wildman–Crippen MR) is 102 cm³/mol. The van der Waals surface area contributed by atoms with Crippen molar-refractivity contribution in [1.29, 1.82) is 0 Å². The smallest absolute Gasteiger partial charge is 0.254 e. The number of carbonyl (C=O) groups is 2. The number of hydrogen-bond donors (Lipinski definition) is 2. The molecular weight excluding hydrogens is 330 g/mol. The summed E-state index contributed by atoms with van der Waals surface area (Å²) in [5, 5.41) is 12.6. The minimum atomic E-state index is -1.02. The molecule has 6 nitrogen and oxygen atoms in total. The van der Waals surface area contributed by atoms with Crippen LogP contribution in [0.4, 0.5) is 0 Å². The molecule has 0 aromatic heterocycles. The molecule has 1 unspecified atom stereocenters. The van der Waals surface area contributed by atoms with Crippen LogP contribution in [0.1, 0.15) is 41.8 Å². The maximum Gasteiger partial charge on any atom is 0.254 e. The first-order chi connectivity index (χ1) is 12.1. The predicted octanol–water partition coefficient (Wildman–Crippen LogP) is 1.34. The summed E-state index contributed by atoms with van der Waals surface area (Å²) in [6.45, 7) is 9.64. The van der Waals surface area contributed by atoms with Crippen LogP contribution in [0.25, 0.3) is 0 Å². The number of hydrogen-bond acceptors (Lipinski definition) is 4. The van der Waals surface area contributed by atoms with Crippen molar-refractivity contribution in [1.82, 2.24) is 15.1 Å². The summed E-state index contributed by atoms with van der Waals surface area (Å²) in [5.41, 5.74) is 1.74. The van der Waals surface area contributed by atoms with E-state index in [0.717, 1.165) is 23.2 Å². The Morgan fingerprint density at radius 1 is 1.23 bits per heavy atom. The summed E-state index contributed by atoms with van der Waals surface area (Å²) in [4.78, 5) is 29.0. The lowest BCUT2D eigenvalue weighted by Gasteiger charge is -2.40. The highest BCUT2D eigenvalue weighted by atomic mass is 16.3. The number of piperazine rings is 1. The van der Waals surface area contributed by atoms with Gasteiger partial charge in [-0.2, -0.15) is 0 Å². The number of aryl methyl sites for hydroxylation is 2. The van der Waals surface area contributed by atoms with Crippen molar-refractivity contribution in [3.63, 3.8) is 0 Å². The Bertz CT molecular complexity index is 647. The van der Waals surface area contributed by atoms with Crippen LogP contribution in [0.3, 0.4) is 0 Å². The molecule has 6 heteroatoms. The van der Waals surface area contributed by atoms with Crippen molar-refractivity contribution in [2.24, 2.45) is 0 Å². The molecule has 0 aliphatic carbocycles. The second-order valence-electron chi connectivity index (χ2n) is 7.95. The molecule has 1 aromatic rings. The Morgan fingerprint density at radius 3 is 2.42 bits per heavy atom. The zero-order chi connectivity index (χ0) is 19.5. The number of rotatable bonds is 5. The molecule has 1 fully saturated rings. The van der Waals surface area contributed by atoms with E-state index in [-0.39, 0.29) is 24.3 Å². The van der Waals surface area contributed by atoms with Crippen LogP contribution >= 0.6 is 0 Å². The third-order valence-corrected chi connectivity index (χ3v) is 4.89. The quantitative estimate of drug-likeness (QED) is 0.830. The van der Waals surface area contributed by atoms with Crippen molar-refractivity contribution in [2.75, 3.05) is 33.2 Å². The zero-order valence-electron chi connectivity index (χ0n) is 16.5. The first-order valence-corrected chi connectivity index (χ1v) is 9.13. The topological polar surface area (TPSA) is 72.9 Å². The average Bonchev–Trinajstić information content (AvgIpc) is 2.52. The van der Waals surface area contributed by atoms with Crippen molar-refractivity contribution in [3.05, 3.63) is 34.9 Å². The lowest BCUT2D eigenvalue weighted by Crippen LogP contribution is -2.57. The highest BCUT2D eigenvalue weighted by Gasteiger charge is 2.29. The minimum absolute atomic E-state index is 0.0570. The van der Waals surface area contributed by atoms with Crippen LogP contribution in [0.5, 0.6) is 0 Å². The van der Waals surface area contributed by atoms with Gasteiger partial charge in [-0.05, 0) is 45.9 Å². The van der Waals surface area contributed by atoms with Crippen LogP contribution in [-0.2, 0) is 4.79 Å². The fraction of sp³-hybridized carbons (Fsp3) is 0.600. The van der Waals surface area contributed by atoms with Gasteiger partial charge < -0.3 is 15.3 Å². The largest absolute Gasteiger partial charge is 0.390 e. The van der Waals surface area contributed by atoms with E-state index in [9.17, 15) is 14.7 Å². The molecule has 0 radical (unpaired) electrons. The zero-order valence-corrected chi connectivity index (χ0v) is 16.5. The van der Waals surface area contributed by atoms with Crippen LogP contribution in [0.15, 0.2) is 18.2 Å². The summed E-state index contributed by atoms with van der Waals surface area (Å²) >= 11 is 0. The lowest BCUT2D eigenvalue weighted by molar-refractivity contribution is -0.125. The average molecular weight is 361 g/mol. The number of carbonyl (C=O) groups excluding carboxylic acids is 2. The standard InChI is InChI=1S/C20H31N3O3/c1-14-7-6-8-15(2)18(14)19(25)23-10-9-22(5)16(13-23)12-21-17(24)11-20(3,4)26/h6-8,16,26H,9-13H2,1-5H3,(H,21,24). The van der Waals surface area contributed by atoms with E-state index in [1.807, 2.05) is 44.0 Å². The van der Waals surface area contributed by atoms with Gasteiger partial charge in [-0.25, -0.2) is 0 Å². The van der Waals surface area contributed by atoms with Crippen LogP contribution in [0, 0.1) is 13.8 Å². The molecule has 26 heavy (non-hydrogen) atoms. The fourth-order valence-corrected chi connectivity index (χ4v) is 3.35. The Morgan fingerprint density at radius 2 is 1.85 bits per heavy atom. The van der Waals surface area contributed by atoms with Gasteiger partial charge in [-0.15, -0.1) is 0 Å². The van der Waals surface area contributed by atoms with Crippen molar-refractivity contribution in [2.45, 2.75) is 45.8 Å². The molecule has 1 aliphatic heterocycles. The molecule has 0 spiro atoms. The van der Waals surface area contributed by atoms with E-state index in [4.69, 9.17) is 0 Å².